The third-order valence-electron chi connectivity index (χ3n) is 3.38. The smallest absolute Gasteiger partial charge is 0.175 e. The Hall–Kier alpha value is -2.34. The van der Waals surface area contributed by atoms with Crippen molar-refractivity contribution in [2.75, 3.05) is 6.26 Å². The molecule has 0 aliphatic rings. The molecule has 108 valence electrons. The van der Waals surface area contributed by atoms with Gasteiger partial charge in [0.2, 0.25) is 0 Å². The standard InChI is InChI=1S/C15H14N2O3S/c1-17-14-7-6-12(21(2,19)20)9-13(14)16-15(17)10-4-3-5-11(18)8-10/h3-9,18H,1-2H3. The number of fused-ring (bicyclic) bond motifs is 1. The summed E-state index contributed by atoms with van der Waals surface area (Å²) in [5.41, 5.74) is 2.22. The molecule has 2 aromatic carbocycles. The Morgan fingerprint density at radius 3 is 2.57 bits per heavy atom. The van der Waals surface area contributed by atoms with Crippen molar-refractivity contribution >= 4 is 20.9 Å². The maximum atomic E-state index is 11.6. The second-order valence-corrected chi connectivity index (χ2v) is 6.98. The average molecular weight is 302 g/mol. The topological polar surface area (TPSA) is 72.2 Å². The molecule has 0 saturated carbocycles. The van der Waals surface area contributed by atoms with Crippen molar-refractivity contribution in [2.45, 2.75) is 4.90 Å². The van der Waals surface area contributed by atoms with Crippen LogP contribution < -0.4 is 0 Å². The van der Waals surface area contributed by atoms with Gasteiger partial charge in [0.1, 0.15) is 11.6 Å². The number of aromatic nitrogens is 2. The quantitative estimate of drug-likeness (QED) is 0.788. The molecule has 0 atom stereocenters. The fourth-order valence-electron chi connectivity index (χ4n) is 2.31. The Morgan fingerprint density at radius 2 is 1.90 bits per heavy atom. The van der Waals surface area contributed by atoms with Gasteiger partial charge in [-0.05, 0) is 30.3 Å². The number of sulfone groups is 1. The van der Waals surface area contributed by atoms with Gasteiger partial charge < -0.3 is 9.67 Å². The molecule has 0 bridgehead atoms. The predicted molar refractivity (Wildman–Crippen MR) is 80.9 cm³/mol. The molecule has 0 spiro atoms. The van der Waals surface area contributed by atoms with Gasteiger partial charge in [0, 0.05) is 18.9 Å². The van der Waals surface area contributed by atoms with E-state index in [4.69, 9.17) is 0 Å². The Balaban J connectivity index is 2.24. The molecule has 0 unspecified atom stereocenters. The molecular formula is C15H14N2O3S. The molecule has 0 fully saturated rings. The Bertz CT molecular complexity index is 943. The second-order valence-electron chi connectivity index (χ2n) is 4.97. The zero-order chi connectivity index (χ0) is 15.2. The molecule has 1 N–H and O–H groups in total. The number of rotatable bonds is 2. The number of benzene rings is 2. The van der Waals surface area contributed by atoms with Crippen molar-refractivity contribution in [1.82, 2.24) is 9.55 Å². The highest BCUT2D eigenvalue weighted by Crippen LogP contribution is 2.27. The summed E-state index contributed by atoms with van der Waals surface area (Å²) in [6.07, 6.45) is 1.17. The van der Waals surface area contributed by atoms with E-state index in [0.29, 0.717) is 11.3 Å². The maximum Gasteiger partial charge on any atom is 0.175 e. The molecule has 21 heavy (non-hydrogen) atoms. The summed E-state index contributed by atoms with van der Waals surface area (Å²) in [6.45, 7) is 0. The summed E-state index contributed by atoms with van der Waals surface area (Å²) in [5, 5.41) is 9.57. The van der Waals surface area contributed by atoms with Crippen LogP contribution in [0.1, 0.15) is 0 Å². The van der Waals surface area contributed by atoms with E-state index in [-0.39, 0.29) is 10.6 Å². The van der Waals surface area contributed by atoms with Gasteiger partial charge in [0.05, 0.1) is 15.9 Å². The molecule has 0 radical (unpaired) electrons. The van der Waals surface area contributed by atoms with Gasteiger partial charge in [-0.2, -0.15) is 0 Å². The van der Waals surface area contributed by atoms with Gasteiger partial charge in [-0.15, -0.1) is 0 Å². The van der Waals surface area contributed by atoms with Crippen LogP contribution in [0.4, 0.5) is 0 Å². The van der Waals surface area contributed by atoms with Gasteiger partial charge in [-0.25, -0.2) is 13.4 Å². The van der Waals surface area contributed by atoms with Crippen molar-refractivity contribution in [2.24, 2.45) is 7.05 Å². The third-order valence-corrected chi connectivity index (χ3v) is 4.50. The van der Waals surface area contributed by atoms with Gasteiger partial charge in [0.15, 0.2) is 9.84 Å². The third kappa shape index (κ3) is 2.38. The Morgan fingerprint density at radius 1 is 1.14 bits per heavy atom. The summed E-state index contributed by atoms with van der Waals surface area (Å²) in [6, 6.07) is 11.7. The summed E-state index contributed by atoms with van der Waals surface area (Å²) in [5.74, 6) is 0.836. The number of hydrogen-bond acceptors (Lipinski definition) is 4. The Labute approximate surface area is 122 Å². The van der Waals surface area contributed by atoms with E-state index < -0.39 is 9.84 Å². The molecule has 1 heterocycles. The van der Waals surface area contributed by atoms with Crippen LogP contribution >= 0.6 is 0 Å². The first kappa shape index (κ1) is 13.6. The van der Waals surface area contributed by atoms with Crippen molar-refractivity contribution in [3.8, 4) is 17.1 Å². The average Bonchev–Trinajstić information content (AvgIpc) is 2.75. The van der Waals surface area contributed by atoms with E-state index in [2.05, 4.69) is 4.98 Å². The molecule has 0 aliphatic heterocycles. The number of imidazole rings is 1. The SMILES string of the molecule is Cn1c(-c2cccc(O)c2)nc2cc(S(C)(=O)=O)ccc21. The minimum Gasteiger partial charge on any atom is -0.508 e. The number of nitrogens with zero attached hydrogens (tertiary/aromatic N) is 2. The van der Waals surface area contributed by atoms with Crippen LogP contribution in [0.15, 0.2) is 47.4 Å². The molecule has 0 saturated heterocycles. The number of aryl methyl sites for hydroxylation is 1. The van der Waals surface area contributed by atoms with Crippen LogP contribution in [-0.2, 0) is 16.9 Å². The van der Waals surface area contributed by atoms with E-state index in [1.165, 1.54) is 6.26 Å². The number of phenolic OH excluding ortho intramolecular Hbond substituents is 1. The monoisotopic (exact) mass is 302 g/mol. The molecule has 6 heteroatoms. The summed E-state index contributed by atoms with van der Waals surface area (Å²) >= 11 is 0. The van der Waals surface area contributed by atoms with Crippen LogP contribution in [0.3, 0.4) is 0 Å². The van der Waals surface area contributed by atoms with Crippen molar-refractivity contribution < 1.29 is 13.5 Å². The van der Waals surface area contributed by atoms with Crippen LogP contribution in [0, 0.1) is 0 Å². The summed E-state index contributed by atoms with van der Waals surface area (Å²) < 4.78 is 25.1. The fraction of sp³-hybridized carbons (Fsp3) is 0.133. The van der Waals surface area contributed by atoms with Gasteiger partial charge >= 0.3 is 0 Å². The molecule has 3 rings (SSSR count). The van der Waals surface area contributed by atoms with Crippen LogP contribution in [0.2, 0.25) is 0 Å². The van der Waals surface area contributed by atoms with Crippen LogP contribution in [-0.4, -0.2) is 29.3 Å². The van der Waals surface area contributed by atoms with E-state index in [0.717, 1.165) is 11.1 Å². The second kappa shape index (κ2) is 4.60. The van der Waals surface area contributed by atoms with E-state index in [1.807, 2.05) is 17.7 Å². The Kier molecular flexibility index (Phi) is 2.98. The first-order chi connectivity index (χ1) is 9.86. The van der Waals surface area contributed by atoms with Crippen molar-refractivity contribution in [1.29, 1.82) is 0 Å². The van der Waals surface area contributed by atoms with Gasteiger partial charge in [-0.3, -0.25) is 0 Å². The molecule has 0 amide bonds. The van der Waals surface area contributed by atoms with Crippen LogP contribution in [0.25, 0.3) is 22.4 Å². The highest BCUT2D eigenvalue weighted by molar-refractivity contribution is 7.90. The zero-order valence-electron chi connectivity index (χ0n) is 11.6. The number of phenols is 1. The first-order valence-electron chi connectivity index (χ1n) is 6.32. The van der Waals surface area contributed by atoms with Gasteiger partial charge in [0.25, 0.3) is 0 Å². The zero-order valence-corrected chi connectivity index (χ0v) is 12.4. The molecule has 1 aromatic heterocycles. The normalized spacial score (nSPS) is 11.9. The fourth-order valence-corrected chi connectivity index (χ4v) is 2.95. The highest BCUT2D eigenvalue weighted by Gasteiger charge is 2.13. The molecule has 5 nitrogen and oxygen atoms in total. The maximum absolute atomic E-state index is 11.6. The summed E-state index contributed by atoms with van der Waals surface area (Å²) in [7, 11) is -1.40. The lowest BCUT2D eigenvalue weighted by molar-refractivity contribution is 0.475. The van der Waals surface area contributed by atoms with E-state index in [9.17, 15) is 13.5 Å². The molecular weight excluding hydrogens is 288 g/mol. The van der Waals surface area contributed by atoms with Crippen molar-refractivity contribution in [3.63, 3.8) is 0 Å². The van der Waals surface area contributed by atoms with E-state index in [1.54, 1.807) is 36.4 Å². The lowest BCUT2D eigenvalue weighted by Crippen LogP contribution is -1.96. The van der Waals surface area contributed by atoms with E-state index >= 15 is 0 Å². The van der Waals surface area contributed by atoms with Crippen molar-refractivity contribution in [3.05, 3.63) is 42.5 Å². The first-order valence-corrected chi connectivity index (χ1v) is 8.21. The minimum atomic E-state index is -3.26. The number of hydrogen-bond donors (Lipinski definition) is 1. The van der Waals surface area contributed by atoms with Gasteiger partial charge in [-0.1, -0.05) is 12.1 Å². The lowest BCUT2D eigenvalue weighted by Gasteiger charge is -2.03. The molecule has 0 aliphatic carbocycles. The highest BCUT2D eigenvalue weighted by atomic mass is 32.2. The van der Waals surface area contributed by atoms with Crippen LogP contribution in [0.5, 0.6) is 5.75 Å². The lowest BCUT2D eigenvalue weighted by atomic mass is 10.2. The number of aromatic hydroxyl groups is 1. The molecule has 3 aromatic rings. The largest absolute Gasteiger partial charge is 0.508 e. The summed E-state index contributed by atoms with van der Waals surface area (Å²) in [4.78, 5) is 4.73. The predicted octanol–water partition coefficient (Wildman–Crippen LogP) is 2.35. The minimum absolute atomic E-state index is 0.163.